The first-order valence-corrected chi connectivity index (χ1v) is 7.33. The Morgan fingerprint density at radius 1 is 1.33 bits per heavy atom. The Morgan fingerprint density at radius 2 is 2.19 bits per heavy atom. The van der Waals surface area contributed by atoms with Gasteiger partial charge in [-0.1, -0.05) is 18.2 Å². The van der Waals surface area contributed by atoms with E-state index in [2.05, 4.69) is 16.3 Å². The van der Waals surface area contributed by atoms with Crippen molar-refractivity contribution in [2.75, 3.05) is 13.2 Å². The number of hydrogen-bond acceptors (Lipinski definition) is 3. The van der Waals surface area contributed by atoms with Crippen molar-refractivity contribution in [1.29, 1.82) is 0 Å². The first kappa shape index (κ1) is 15.3. The second-order valence-electron chi connectivity index (χ2n) is 5.00. The highest BCUT2D eigenvalue weighted by molar-refractivity contribution is 5.88. The number of hydrogen-bond donors (Lipinski definition) is 2. The highest BCUT2D eigenvalue weighted by Gasteiger charge is 2.08. The number of rotatable bonds is 7. The monoisotopic (exact) mass is 288 g/mol. The van der Waals surface area contributed by atoms with Gasteiger partial charge in [-0.15, -0.1) is 0 Å². The fourth-order valence-electron chi connectivity index (χ4n) is 2.09. The van der Waals surface area contributed by atoms with E-state index in [0.29, 0.717) is 13.0 Å². The first-order chi connectivity index (χ1) is 10.3. The van der Waals surface area contributed by atoms with Crippen LogP contribution in [0, 0.1) is 0 Å². The van der Waals surface area contributed by atoms with E-state index in [9.17, 15) is 4.79 Å². The predicted molar refractivity (Wildman–Crippen MR) is 82.8 cm³/mol. The van der Waals surface area contributed by atoms with Gasteiger partial charge in [0.1, 0.15) is 12.4 Å². The van der Waals surface area contributed by atoms with Crippen molar-refractivity contribution < 1.29 is 15.3 Å². The molecule has 0 spiro atoms. The van der Waals surface area contributed by atoms with Crippen LogP contribution in [0.1, 0.15) is 31.2 Å². The molecule has 0 bridgehead atoms. The fourth-order valence-corrected chi connectivity index (χ4v) is 2.09. The summed E-state index contributed by atoms with van der Waals surface area (Å²) in [5.74, 6) is 0.831. The number of carbonyl (C=O) groups excluding carboxylic acids is 1. The molecular weight excluding hydrogens is 266 g/mol. The SMILES string of the molecule is [NH3+]CCCCCC(=O)NN=CC1=Cc2ccccc2OC1. The van der Waals surface area contributed by atoms with E-state index in [1.807, 2.05) is 30.3 Å². The smallest absolute Gasteiger partial charge is 0.240 e. The summed E-state index contributed by atoms with van der Waals surface area (Å²) in [5.41, 5.74) is 8.30. The topological polar surface area (TPSA) is 78.3 Å². The van der Waals surface area contributed by atoms with E-state index in [4.69, 9.17) is 4.74 Å². The van der Waals surface area contributed by atoms with E-state index in [1.54, 1.807) is 6.21 Å². The minimum atomic E-state index is -0.0481. The van der Waals surface area contributed by atoms with Gasteiger partial charge in [-0.2, -0.15) is 5.10 Å². The molecule has 0 fully saturated rings. The van der Waals surface area contributed by atoms with Crippen LogP contribution >= 0.6 is 0 Å². The van der Waals surface area contributed by atoms with Crippen LogP contribution < -0.4 is 15.9 Å². The number of benzene rings is 1. The lowest BCUT2D eigenvalue weighted by atomic mass is 10.1. The lowest BCUT2D eigenvalue weighted by Gasteiger charge is -2.15. The maximum atomic E-state index is 11.6. The number of hydrazone groups is 1. The van der Waals surface area contributed by atoms with Crippen LogP contribution in [0.15, 0.2) is 34.9 Å². The van der Waals surface area contributed by atoms with E-state index in [-0.39, 0.29) is 5.91 Å². The zero-order chi connectivity index (χ0) is 14.9. The molecule has 5 heteroatoms. The summed E-state index contributed by atoms with van der Waals surface area (Å²) in [6, 6.07) is 7.84. The van der Waals surface area contributed by atoms with Crippen molar-refractivity contribution in [1.82, 2.24) is 5.43 Å². The first-order valence-electron chi connectivity index (χ1n) is 7.33. The maximum absolute atomic E-state index is 11.6. The molecular formula is C16H22N3O2+. The van der Waals surface area contributed by atoms with E-state index in [0.717, 1.165) is 42.7 Å². The Balaban J connectivity index is 1.77. The quantitative estimate of drug-likeness (QED) is 0.451. The second kappa shape index (κ2) is 8.21. The molecule has 112 valence electrons. The van der Waals surface area contributed by atoms with Gasteiger partial charge in [0.25, 0.3) is 0 Å². The normalized spacial score (nSPS) is 13.5. The molecule has 0 saturated carbocycles. The van der Waals surface area contributed by atoms with Crippen LogP contribution in [0.25, 0.3) is 6.08 Å². The maximum Gasteiger partial charge on any atom is 0.240 e. The molecule has 0 radical (unpaired) electrons. The number of amides is 1. The molecule has 0 unspecified atom stereocenters. The number of carbonyl (C=O) groups is 1. The Labute approximate surface area is 124 Å². The van der Waals surface area contributed by atoms with Gasteiger partial charge in [-0.3, -0.25) is 4.79 Å². The van der Waals surface area contributed by atoms with Gasteiger partial charge in [0, 0.05) is 17.6 Å². The van der Waals surface area contributed by atoms with Gasteiger partial charge in [-0.05, 0) is 31.4 Å². The minimum Gasteiger partial charge on any atom is -0.488 e. The summed E-state index contributed by atoms with van der Waals surface area (Å²) in [4.78, 5) is 11.6. The third kappa shape index (κ3) is 5.04. The molecule has 4 N–H and O–H groups in total. The van der Waals surface area contributed by atoms with Gasteiger partial charge >= 0.3 is 0 Å². The van der Waals surface area contributed by atoms with Crippen LogP contribution in [0.3, 0.4) is 0 Å². The Morgan fingerprint density at radius 3 is 3.05 bits per heavy atom. The van der Waals surface area contributed by atoms with Gasteiger partial charge in [0.15, 0.2) is 0 Å². The summed E-state index contributed by atoms with van der Waals surface area (Å²) >= 11 is 0. The summed E-state index contributed by atoms with van der Waals surface area (Å²) in [6.07, 6.45) is 7.16. The van der Waals surface area contributed by atoms with Crippen molar-refractivity contribution in [3.8, 4) is 5.75 Å². The van der Waals surface area contributed by atoms with Crippen LogP contribution in [0.4, 0.5) is 0 Å². The molecule has 1 amide bonds. The van der Waals surface area contributed by atoms with Crippen molar-refractivity contribution in [2.24, 2.45) is 5.10 Å². The van der Waals surface area contributed by atoms with Crippen molar-refractivity contribution in [3.05, 3.63) is 35.4 Å². The van der Waals surface area contributed by atoms with Gasteiger partial charge in [0.05, 0.1) is 12.8 Å². The van der Waals surface area contributed by atoms with Crippen LogP contribution in [-0.2, 0) is 4.79 Å². The second-order valence-corrected chi connectivity index (χ2v) is 5.00. The summed E-state index contributed by atoms with van der Waals surface area (Å²) < 4.78 is 5.61. The van der Waals surface area contributed by atoms with E-state index in [1.165, 1.54) is 0 Å². The van der Waals surface area contributed by atoms with Crippen LogP contribution in [0.5, 0.6) is 5.75 Å². The number of unbranched alkanes of at least 4 members (excludes halogenated alkanes) is 2. The molecule has 0 aromatic heterocycles. The molecule has 1 heterocycles. The number of para-hydroxylation sites is 1. The largest absolute Gasteiger partial charge is 0.488 e. The van der Waals surface area contributed by atoms with Crippen LogP contribution in [-0.4, -0.2) is 25.3 Å². The Kier molecular flexibility index (Phi) is 5.97. The fraction of sp³-hybridized carbons (Fsp3) is 0.375. The predicted octanol–water partition coefficient (Wildman–Crippen LogP) is 1.37. The molecule has 0 aliphatic carbocycles. The van der Waals surface area contributed by atoms with Crippen molar-refractivity contribution in [2.45, 2.75) is 25.7 Å². The lowest BCUT2D eigenvalue weighted by Crippen LogP contribution is -2.50. The molecule has 1 aliphatic heterocycles. The lowest BCUT2D eigenvalue weighted by molar-refractivity contribution is -0.368. The molecule has 21 heavy (non-hydrogen) atoms. The molecule has 5 nitrogen and oxygen atoms in total. The standard InChI is InChI=1S/C16H21N3O2/c17-9-5-1-2-8-16(20)19-18-11-13-10-14-6-3-4-7-15(14)21-12-13/h3-4,6-7,10-11H,1-2,5,8-9,12,17H2,(H,19,20)/p+1. The number of ether oxygens (including phenoxy) is 1. The zero-order valence-corrected chi connectivity index (χ0v) is 12.2. The van der Waals surface area contributed by atoms with Gasteiger partial charge < -0.3 is 10.5 Å². The highest BCUT2D eigenvalue weighted by Crippen LogP contribution is 2.24. The van der Waals surface area contributed by atoms with Crippen LogP contribution in [0.2, 0.25) is 0 Å². The molecule has 1 aromatic carbocycles. The minimum absolute atomic E-state index is 0.0481. The third-order valence-corrected chi connectivity index (χ3v) is 3.23. The molecule has 1 aliphatic rings. The molecule has 0 atom stereocenters. The summed E-state index contributed by atoms with van der Waals surface area (Å²) in [5, 5.41) is 3.98. The summed E-state index contributed by atoms with van der Waals surface area (Å²) in [7, 11) is 0. The molecule has 2 rings (SSSR count). The number of quaternary nitrogens is 1. The Bertz CT molecular complexity index is 538. The van der Waals surface area contributed by atoms with E-state index < -0.39 is 0 Å². The average molecular weight is 288 g/mol. The third-order valence-electron chi connectivity index (χ3n) is 3.23. The van der Waals surface area contributed by atoms with Gasteiger partial charge in [-0.25, -0.2) is 5.43 Å². The van der Waals surface area contributed by atoms with Crippen molar-refractivity contribution >= 4 is 18.2 Å². The summed E-state index contributed by atoms with van der Waals surface area (Å²) in [6.45, 7) is 1.40. The van der Waals surface area contributed by atoms with Crippen molar-refractivity contribution in [3.63, 3.8) is 0 Å². The number of fused-ring (bicyclic) bond motifs is 1. The highest BCUT2D eigenvalue weighted by atomic mass is 16.5. The zero-order valence-electron chi connectivity index (χ0n) is 12.2. The van der Waals surface area contributed by atoms with E-state index >= 15 is 0 Å². The molecule has 1 aromatic rings. The molecule has 0 saturated heterocycles. The number of nitrogens with one attached hydrogen (secondary N) is 1. The average Bonchev–Trinajstić information content (AvgIpc) is 2.51. The van der Waals surface area contributed by atoms with Gasteiger partial charge in [0.2, 0.25) is 5.91 Å². The number of nitrogens with zero attached hydrogens (tertiary/aromatic N) is 1. The Hall–Kier alpha value is -2.14.